The van der Waals surface area contributed by atoms with Gasteiger partial charge in [0.25, 0.3) is 0 Å². The quantitative estimate of drug-likeness (QED) is 0.796. The van der Waals surface area contributed by atoms with Crippen molar-refractivity contribution in [3.63, 3.8) is 0 Å². The first kappa shape index (κ1) is 18.3. The van der Waals surface area contributed by atoms with Crippen molar-refractivity contribution in [3.8, 4) is 0 Å². The lowest BCUT2D eigenvalue weighted by atomic mass is 10.0. The summed E-state index contributed by atoms with van der Waals surface area (Å²) in [6.45, 7) is 4.94. The number of carbonyl (C=O) groups excluding carboxylic acids is 2. The predicted octanol–water partition coefficient (Wildman–Crippen LogP) is 2.13. The van der Waals surface area contributed by atoms with E-state index >= 15 is 0 Å². The molecule has 0 saturated carbocycles. The molecule has 1 aromatic rings. The maximum Gasteiger partial charge on any atom is 0.241 e. The van der Waals surface area contributed by atoms with E-state index < -0.39 is 11.9 Å². The molecule has 1 rings (SSSR count). The molecule has 0 aliphatic heterocycles. The van der Waals surface area contributed by atoms with Crippen molar-refractivity contribution in [2.24, 2.45) is 11.7 Å². The molecule has 1 aromatic carbocycles. The van der Waals surface area contributed by atoms with Crippen LogP contribution in [0.2, 0.25) is 0 Å². The van der Waals surface area contributed by atoms with Crippen molar-refractivity contribution in [2.75, 3.05) is 10.6 Å². The number of hydrogen-bond donors (Lipinski definition) is 3. The van der Waals surface area contributed by atoms with Crippen LogP contribution < -0.4 is 16.4 Å². The monoisotopic (exact) mass is 303 g/mol. The number of halogens is 2. The molecule has 0 aromatic heterocycles. The van der Waals surface area contributed by atoms with Gasteiger partial charge in [0.15, 0.2) is 0 Å². The minimum Gasteiger partial charge on any atom is -0.325 e. The molecule has 0 fully saturated rings. The summed E-state index contributed by atoms with van der Waals surface area (Å²) >= 11 is 0. The van der Waals surface area contributed by atoms with Gasteiger partial charge in [0, 0.05) is 12.6 Å². The van der Waals surface area contributed by atoms with Gasteiger partial charge in [-0.1, -0.05) is 13.8 Å². The zero-order valence-corrected chi connectivity index (χ0v) is 12.4. The summed E-state index contributed by atoms with van der Waals surface area (Å²) in [5, 5.41) is 4.92. The Balaban J connectivity index is 0.00000361. The molecule has 4 N–H and O–H groups in total. The highest BCUT2D eigenvalue weighted by atomic mass is 35.5. The van der Waals surface area contributed by atoms with Crippen molar-refractivity contribution in [2.45, 2.75) is 26.8 Å². The van der Waals surface area contributed by atoms with Gasteiger partial charge in [0.2, 0.25) is 11.8 Å². The third-order valence-electron chi connectivity index (χ3n) is 2.57. The molecule has 0 heterocycles. The highest BCUT2D eigenvalue weighted by Gasteiger charge is 2.17. The molecule has 7 heteroatoms. The number of amides is 2. The zero-order chi connectivity index (χ0) is 14.6. The van der Waals surface area contributed by atoms with Crippen molar-refractivity contribution >= 4 is 35.6 Å². The maximum absolute atomic E-state index is 13.4. The highest BCUT2D eigenvalue weighted by Crippen LogP contribution is 2.20. The second kappa shape index (κ2) is 7.81. The van der Waals surface area contributed by atoms with E-state index in [1.165, 1.54) is 25.1 Å². The predicted molar refractivity (Wildman–Crippen MR) is 79.4 cm³/mol. The Morgan fingerprint density at radius 1 is 1.25 bits per heavy atom. The van der Waals surface area contributed by atoms with Crippen LogP contribution in [0.5, 0.6) is 0 Å². The molecule has 5 nitrogen and oxygen atoms in total. The molecule has 0 bridgehead atoms. The lowest BCUT2D eigenvalue weighted by Gasteiger charge is -2.16. The Hall–Kier alpha value is -1.66. The average molecular weight is 304 g/mol. The van der Waals surface area contributed by atoms with Gasteiger partial charge < -0.3 is 16.4 Å². The number of anilines is 2. The van der Waals surface area contributed by atoms with Crippen molar-refractivity contribution in [1.29, 1.82) is 0 Å². The molecule has 0 spiro atoms. The average Bonchev–Trinajstić information content (AvgIpc) is 2.31. The molecule has 112 valence electrons. The van der Waals surface area contributed by atoms with Gasteiger partial charge in [-0.2, -0.15) is 0 Å². The van der Waals surface area contributed by atoms with Crippen LogP contribution >= 0.6 is 12.4 Å². The molecule has 20 heavy (non-hydrogen) atoms. The number of rotatable bonds is 4. The molecule has 0 saturated heterocycles. The summed E-state index contributed by atoms with van der Waals surface area (Å²) in [5.41, 5.74) is 6.10. The Bertz CT molecular complexity index is 495. The summed E-state index contributed by atoms with van der Waals surface area (Å²) in [6, 6.07) is 3.28. The van der Waals surface area contributed by atoms with Crippen LogP contribution in [0.4, 0.5) is 15.8 Å². The molecule has 0 aliphatic carbocycles. The van der Waals surface area contributed by atoms with Gasteiger partial charge in [0.05, 0.1) is 11.7 Å². The summed E-state index contributed by atoms with van der Waals surface area (Å²) in [7, 11) is 0. The number of nitrogens with two attached hydrogens (primary N) is 1. The number of nitrogens with one attached hydrogen (secondary N) is 2. The van der Waals surface area contributed by atoms with E-state index in [9.17, 15) is 14.0 Å². The Morgan fingerprint density at radius 2 is 1.85 bits per heavy atom. The van der Waals surface area contributed by atoms with E-state index in [-0.39, 0.29) is 35.8 Å². The molecule has 0 aliphatic rings. The minimum atomic E-state index is -0.644. The molecular formula is C13H19ClFN3O2. The Labute approximate surface area is 123 Å². The van der Waals surface area contributed by atoms with Crippen LogP contribution in [0.25, 0.3) is 0 Å². The SMILES string of the molecule is CC(=O)Nc1cc(NC(=O)[C@@H](N)C(C)C)ccc1F.Cl. The highest BCUT2D eigenvalue weighted by molar-refractivity contribution is 5.96. The first-order valence-electron chi connectivity index (χ1n) is 5.95. The van der Waals surface area contributed by atoms with E-state index in [0.717, 1.165) is 0 Å². The summed E-state index contributed by atoms with van der Waals surface area (Å²) in [6.07, 6.45) is 0. The fourth-order valence-electron chi connectivity index (χ4n) is 1.42. The van der Waals surface area contributed by atoms with Crippen molar-refractivity contribution < 1.29 is 14.0 Å². The first-order valence-corrected chi connectivity index (χ1v) is 5.95. The topological polar surface area (TPSA) is 84.2 Å². The van der Waals surface area contributed by atoms with Crippen LogP contribution in [-0.4, -0.2) is 17.9 Å². The van der Waals surface area contributed by atoms with Crippen molar-refractivity contribution in [3.05, 3.63) is 24.0 Å². The van der Waals surface area contributed by atoms with Crippen LogP contribution in [0.3, 0.4) is 0 Å². The molecule has 2 amide bonds. The Kier molecular flexibility index (Phi) is 7.17. The minimum absolute atomic E-state index is 0. The number of hydrogen-bond acceptors (Lipinski definition) is 3. The summed E-state index contributed by atoms with van der Waals surface area (Å²) in [5.74, 6) is -1.31. The zero-order valence-electron chi connectivity index (χ0n) is 11.6. The summed E-state index contributed by atoms with van der Waals surface area (Å²) in [4.78, 5) is 22.7. The third kappa shape index (κ3) is 5.14. The normalized spacial score (nSPS) is 11.5. The third-order valence-corrected chi connectivity index (χ3v) is 2.57. The number of benzene rings is 1. The number of carbonyl (C=O) groups is 2. The molecular weight excluding hydrogens is 285 g/mol. The second-order valence-corrected chi connectivity index (χ2v) is 4.63. The summed E-state index contributed by atoms with van der Waals surface area (Å²) < 4.78 is 13.4. The molecule has 1 atom stereocenters. The first-order chi connectivity index (χ1) is 8.81. The standard InChI is InChI=1S/C13H18FN3O2.ClH/c1-7(2)12(15)13(19)17-9-4-5-10(14)11(6-9)16-8(3)18;/h4-7,12H,15H2,1-3H3,(H,16,18)(H,17,19);1H/t12-;/m0./s1. The fourth-order valence-corrected chi connectivity index (χ4v) is 1.42. The van der Waals surface area contributed by atoms with Crippen LogP contribution in [0.1, 0.15) is 20.8 Å². The van der Waals surface area contributed by atoms with Gasteiger partial charge in [-0.3, -0.25) is 9.59 Å². The van der Waals surface area contributed by atoms with E-state index in [1.54, 1.807) is 0 Å². The molecule has 0 radical (unpaired) electrons. The lowest BCUT2D eigenvalue weighted by molar-refractivity contribution is -0.118. The van der Waals surface area contributed by atoms with Crippen LogP contribution in [0.15, 0.2) is 18.2 Å². The van der Waals surface area contributed by atoms with E-state index in [2.05, 4.69) is 10.6 Å². The molecule has 0 unspecified atom stereocenters. The van der Waals surface area contributed by atoms with Gasteiger partial charge >= 0.3 is 0 Å². The van der Waals surface area contributed by atoms with Gasteiger partial charge in [0.1, 0.15) is 5.82 Å². The van der Waals surface area contributed by atoms with Crippen LogP contribution in [-0.2, 0) is 9.59 Å². The van der Waals surface area contributed by atoms with E-state index in [0.29, 0.717) is 5.69 Å². The van der Waals surface area contributed by atoms with Gasteiger partial charge in [-0.25, -0.2) is 4.39 Å². The lowest BCUT2D eigenvalue weighted by Crippen LogP contribution is -2.39. The van der Waals surface area contributed by atoms with Crippen LogP contribution in [0, 0.1) is 11.7 Å². The second-order valence-electron chi connectivity index (χ2n) is 4.63. The van der Waals surface area contributed by atoms with Gasteiger partial charge in [-0.15, -0.1) is 12.4 Å². The van der Waals surface area contributed by atoms with E-state index in [1.807, 2.05) is 13.8 Å². The smallest absolute Gasteiger partial charge is 0.241 e. The van der Waals surface area contributed by atoms with Gasteiger partial charge in [-0.05, 0) is 24.1 Å². The Morgan fingerprint density at radius 3 is 2.35 bits per heavy atom. The maximum atomic E-state index is 13.4. The fraction of sp³-hybridized carbons (Fsp3) is 0.385. The largest absolute Gasteiger partial charge is 0.325 e. The van der Waals surface area contributed by atoms with E-state index in [4.69, 9.17) is 5.73 Å². The van der Waals surface area contributed by atoms with Crippen molar-refractivity contribution in [1.82, 2.24) is 0 Å².